The van der Waals surface area contributed by atoms with E-state index in [9.17, 15) is 13.5 Å². The van der Waals surface area contributed by atoms with E-state index in [4.69, 9.17) is 16.3 Å². The number of methoxy groups -OCH3 is 1. The third-order valence-electron chi connectivity index (χ3n) is 2.62. The highest BCUT2D eigenvalue weighted by atomic mass is 79.9. The number of halogens is 2. The number of ether oxygens (including phenoxy) is 1. The highest BCUT2D eigenvalue weighted by Gasteiger charge is 2.23. The number of benzene rings is 2. The molecular formula is C13H11BrClNO4S. The van der Waals surface area contributed by atoms with Crippen LogP contribution in [0.4, 0.5) is 5.69 Å². The molecule has 2 aromatic rings. The van der Waals surface area contributed by atoms with Crippen molar-refractivity contribution in [2.75, 3.05) is 11.8 Å². The zero-order chi connectivity index (χ0) is 15.6. The first-order valence-corrected chi connectivity index (χ1v) is 8.34. The maximum absolute atomic E-state index is 12.5. The van der Waals surface area contributed by atoms with Crippen molar-refractivity contribution in [3.05, 3.63) is 45.9 Å². The lowest BCUT2D eigenvalue weighted by Gasteiger charge is -2.14. The molecule has 0 atom stereocenters. The van der Waals surface area contributed by atoms with E-state index in [1.807, 2.05) is 0 Å². The van der Waals surface area contributed by atoms with E-state index in [1.54, 1.807) is 12.1 Å². The zero-order valence-corrected chi connectivity index (χ0v) is 14.0. The maximum atomic E-state index is 12.5. The van der Waals surface area contributed by atoms with Crippen molar-refractivity contribution in [1.29, 1.82) is 0 Å². The van der Waals surface area contributed by atoms with Crippen molar-refractivity contribution in [3.8, 4) is 11.5 Å². The second kappa shape index (κ2) is 6.13. The molecule has 0 aliphatic heterocycles. The molecule has 0 saturated carbocycles. The molecular weight excluding hydrogens is 382 g/mol. The smallest absolute Gasteiger partial charge is 0.265 e. The Balaban J connectivity index is 2.52. The van der Waals surface area contributed by atoms with Crippen LogP contribution in [0, 0.1) is 0 Å². The van der Waals surface area contributed by atoms with Crippen LogP contribution < -0.4 is 9.46 Å². The summed E-state index contributed by atoms with van der Waals surface area (Å²) in [6.45, 7) is 0. The average molecular weight is 393 g/mol. The predicted molar refractivity (Wildman–Crippen MR) is 84.6 cm³/mol. The Morgan fingerprint density at radius 3 is 2.57 bits per heavy atom. The number of aromatic hydroxyl groups is 1. The second-order valence-electron chi connectivity index (χ2n) is 4.04. The second-order valence-corrected chi connectivity index (χ2v) is 6.98. The summed E-state index contributed by atoms with van der Waals surface area (Å²) in [5.74, 6) is -0.0524. The summed E-state index contributed by atoms with van der Waals surface area (Å²) in [5, 5.41) is 9.90. The number of nitrogens with one attached hydrogen (secondary N) is 1. The van der Waals surface area contributed by atoms with Gasteiger partial charge in [0.2, 0.25) is 0 Å². The highest BCUT2D eigenvalue weighted by molar-refractivity contribution is 9.10. The summed E-state index contributed by atoms with van der Waals surface area (Å²) in [6, 6.07) is 8.81. The number of hydrogen-bond acceptors (Lipinski definition) is 4. The van der Waals surface area contributed by atoms with Gasteiger partial charge in [-0.1, -0.05) is 23.7 Å². The lowest BCUT2D eigenvalue weighted by molar-refractivity contribution is 0.400. The Morgan fingerprint density at radius 1 is 1.29 bits per heavy atom. The molecule has 0 bridgehead atoms. The molecule has 0 unspecified atom stereocenters. The van der Waals surface area contributed by atoms with Crippen molar-refractivity contribution in [3.63, 3.8) is 0 Å². The fourth-order valence-electron chi connectivity index (χ4n) is 1.69. The van der Waals surface area contributed by atoms with Crippen LogP contribution in [0.3, 0.4) is 0 Å². The normalized spacial score (nSPS) is 11.2. The Hall–Kier alpha value is -1.44. The lowest BCUT2D eigenvalue weighted by atomic mass is 10.3. The van der Waals surface area contributed by atoms with Gasteiger partial charge in [0.15, 0.2) is 5.75 Å². The first kappa shape index (κ1) is 15.9. The van der Waals surface area contributed by atoms with Gasteiger partial charge in [0.1, 0.15) is 10.6 Å². The van der Waals surface area contributed by atoms with Crippen molar-refractivity contribution >= 4 is 43.2 Å². The average Bonchev–Trinajstić information content (AvgIpc) is 2.40. The number of sulfonamides is 1. The molecule has 2 aromatic carbocycles. The van der Waals surface area contributed by atoms with E-state index in [2.05, 4.69) is 20.7 Å². The van der Waals surface area contributed by atoms with Crippen LogP contribution in [-0.2, 0) is 10.0 Å². The van der Waals surface area contributed by atoms with E-state index in [1.165, 1.54) is 31.4 Å². The van der Waals surface area contributed by atoms with Crippen molar-refractivity contribution in [2.24, 2.45) is 0 Å². The molecule has 0 aliphatic carbocycles. The summed E-state index contributed by atoms with van der Waals surface area (Å²) in [7, 11) is -2.62. The number of anilines is 1. The molecule has 8 heteroatoms. The Bertz CT molecular complexity index is 780. The molecule has 0 aliphatic rings. The topological polar surface area (TPSA) is 75.6 Å². The predicted octanol–water partition coefficient (Wildman–Crippen LogP) is 3.62. The van der Waals surface area contributed by atoms with Gasteiger partial charge in [-0.25, -0.2) is 8.42 Å². The minimum Gasteiger partial charge on any atom is -0.506 e. The van der Waals surface area contributed by atoms with Gasteiger partial charge in [-0.15, -0.1) is 0 Å². The van der Waals surface area contributed by atoms with Crippen LogP contribution in [0.25, 0.3) is 0 Å². The molecule has 0 spiro atoms. The van der Waals surface area contributed by atoms with Gasteiger partial charge in [-0.05, 0) is 40.2 Å². The van der Waals surface area contributed by atoms with E-state index in [-0.39, 0.29) is 27.1 Å². The number of hydrogen-bond donors (Lipinski definition) is 2. The van der Waals surface area contributed by atoms with E-state index in [0.29, 0.717) is 4.47 Å². The van der Waals surface area contributed by atoms with Gasteiger partial charge < -0.3 is 9.84 Å². The SMILES string of the molecule is COc1c(Br)cc(Cl)cc1S(=O)(=O)Nc1ccccc1O. The van der Waals surface area contributed by atoms with Gasteiger partial charge in [-0.2, -0.15) is 0 Å². The quantitative estimate of drug-likeness (QED) is 0.779. The maximum Gasteiger partial charge on any atom is 0.265 e. The molecule has 0 fully saturated rings. The van der Waals surface area contributed by atoms with Crippen LogP contribution in [0.5, 0.6) is 11.5 Å². The van der Waals surface area contributed by atoms with Gasteiger partial charge >= 0.3 is 0 Å². The summed E-state index contributed by atoms with van der Waals surface area (Å²) in [5.41, 5.74) is 0.0654. The standard InChI is InChI=1S/C13H11BrClNO4S/c1-20-13-9(14)6-8(15)7-12(13)21(18,19)16-10-4-2-3-5-11(10)17/h2-7,16-17H,1H3. The van der Waals surface area contributed by atoms with Crippen molar-refractivity contribution < 1.29 is 18.3 Å². The fourth-order valence-corrected chi connectivity index (χ4v) is 4.15. The minimum atomic E-state index is -3.97. The number of para-hydroxylation sites is 2. The molecule has 0 heterocycles. The van der Waals surface area contributed by atoms with Gasteiger partial charge in [0.05, 0.1) is 17.3 Å². The Labute approximate surface area is 135 Å². The molecule has 2 rings (SSSR count). The van der Waals surface area contributed by atoms with Crippen LogP contribution in [0.1, 0.15) is 0 Å². The summed E-state index contributed by atoms with van der Waals surface area (Å²) >= 11 is 9.09. The van der Waals surface area contributed by atoms with Crippen molar-refractivity contribution in [2.45, 2.75) is 4.90 Å². The molecule has 0 amide bonds. The number of rotatable bonds is 4. The number of phenolic OH excluding ortho intramolecular Hbond substituents is 1. The minimum absolute atomic E-state index is 0.0654. The lowest BCUT2D eigenvalue weighted by Crippen LogP contribution is -2.14. The molecule has 0 aromatic heterocycles. The van der Waals surface area contributed by atoms with Crippen LogP contribution in [-0.4, -0.2) is 20.6 Å². The van der Waals surface area contributed by atoms with Gasteiger partial charge in [0.25, 0.3) is 10.0 Å². The van der Waals surface area contributed by atoms with Crippen LogP contribution in [0.2, 0.25) is 5.02 Å². The number of phenols is 1. The first-order chi connectivity index (χ1) is 9.85. The zero-order valence-electron chi connectivity index (χ0n) is 10.8. The van der Waals surface area contributed by atoms with Crippen LogP contribution >= 0.6 is 27.5 Å². The van der Waals surface area contributed by atoms with Crippen molar-refractivity contribution in [1.82, 2.24) is 0 Å². The fraction of sp³-hybridized carbons (Fsp3) is 0.0769. The summed E-state index contributed by atoms with van der Waals surface area (Å²) < 4.78 is 32.7. The largest absolute Gasteiger partial charge is 0.506 e. The molecule has 2 N–H and O–H groups in total. The Kier molecular flexibility index (Phi) is 4.65. The summed E-state index contributed by atoms with van der Waals surface area (Å²) in [6.07, 6.45) is 0. The molecule has 0 saturated heterocycles. The molecule has 112 valence electrons. The first-order valence-electron chi connectivity index (χ1n) is 5.69. The highest BCUT2D eigenvalue weighted by Crippen LogP contribution is 2.36. The van der Waals surface area contributed by atoms with Crippen LogP contribution in [0.15, 0.2) is 45.8 Å². The monoisotopic (exact) mass is 391 g/mol. The molecule has 5 nitrogen and oxygen atoms in total. The molecule has 0 radical (unpaired) electrons. The van der Waals surface area contributed by atoms with E-state index < -0.39 is 10.0 Å². The molecule has 21 heavy (non-hydrogen) atoms. The Morgan fingerprint density at radius 2 is 1.95 bits per heavy atom. The third kappa shape index (κ3) is 3.42. The van der Waals surface area contributed by atoms with Gasteiger partial charge in [0, 0.05) is 5.02 Å². The third-order valence-corrected chi connectivity index (χ3v) is 4.79. The van der Waals surface area contributed by atoms with E-state index in [0.717, 1.165) is 0 Å². The van der Waals surface area contributed by atoms with Gasteiger partial charge in [-0.3, -0.25) is 4.72 Å². The van der Waals surface area contributed by atoms with E-state index >= 15 is 0 Å². The summed E-state index contributed by atoms with van der Waals surface area (Å²) in [4.78, 5) is -0.132.